The Morgan fingerprint density at radius 1 is 1.18 bits per heavy atom. The molecule has 1 amide bonds. The molecule has 1 fully saturated rings. The minimum Gasteiger partial charge on any atom is -0.489 e. The van der Waals surface area contributed by atoms with E-state index in [0.29, 0.717) is 30.4 Å². The predicted molar refractivity (Wildman–Crippen MR) is 104 cm³/mol. The minimum atomic E-state index is -0.0952. The molecule has 2 aromatic heterocycles. The third-order valence-corrected chi connectivity index (χ3v) is 4.93. The van der Waals surface area contributed by atoms with Crippen LogP contribution in [-0.4, -0.2) is 50.0 Å². The number of rotatable bonds is 5. The number of halogens is 1. The van der Waals surface area contributed by atoms with Crippen molar-refractivity contribution in [3.63, 3.8) is 0 Å². The van der Waals surface area contributed by atoms with Crippen LogP contribution in [0.2, 0.25) is 5.02 Å². The van der Waals surface area contributed by atoms with E-state index in [9.17, 15) is 4.79 Å². The van der Waals surface area contributed by atoms with Crippen LogP contribution >= 0.6 is 11.6 Å². The third-order valence-electron chi connectivity index (χ3n) is 4.68. The molecule has 0 bridgehead atoms. The zero-order chi connectivity index (χ0) is 19.3. The molecule has 7 nitrogen and oxygen atoms in total. The van der Waals surface area contributed by atoms with E-state index in [-0.39, 0.29) is 12.0 Å². The van der Waals surface area contributed by atoms with Crippen LogP contribution in [-0.2, 0) is 6.54 Å². The van der Waals surface area contributed by atoms with Gasteiger partial charge in [-0.2, -0.15) is 0 Å². The molecule has 0 atom stereocenters. The normalized spacial score (nSPS) is 14.8. The van der Waals surface area contributed by atoms with Gasteiger partial charge in [0.1, 0.15) is 11.9 Å². The molecule has 0 saturated carbocycles. The van der Waals surface area contributed by atoms with Crippen LogP contribution in [0.25, 0.3) is 0 Å². The highest BCUT2D eigenvalue weighted by Crippen LogP contribution is 2.19. The Morgan fingerprint density at radius 3 is 2.68 bits per heavy atom. The second-order valence-corrected chi connectivity index (χ2v) is 7.16. The molecular weight excluding hydrogens is 378 g/mol. The van der Waals surface area contributed by atoms with Crippen molar-refractivity contribution in [1.29, 1.82) is 0 Å². The summed E-state index contributed by atoms with van der Waals surface area (Å²) in [5, 5.41) is 8.81. The van der Waals surface area contributed by atoms with E-state index >= 15 is 0 Å². The summed E-state index contributed by atoms with van der Waals surface area (Å²) >= 11 is 5.90. The molecule has 1 aliphatic rings. The molecule has 0 N–H and O–H groups in total. The number of amides is 1. The summed E-state index contributed by atoms with van der Waals surface area (Å²) in [6.07, 6.45) is 6.76. The summed E-state index contributed by atoms with van der Waals surface area (Å²) in [6.45, 7) is 1.81. The summed E-state index contributed by atoms with van der Waals surface area (Å²) in [6, 6.07) is 11.3. The molecule has 3 aromatic rings. The highest BCUT2D eigenvalue weighted by molar-refractivity contribution is 6.30. The fourth-order valence-electron chi connectivity index (χ4n) is 3.20. The Morgan fingerprint density at radius 2 is 1.96 bits per heavy atom. The van der Waals surface area contributed by atoms with Crippen LogP contribution in [0.4, 0.5) is 0 Å². The first-order valence-electron chi connectivity index (χ1n) is 9.18. The van der Waals surface area contributed by atoms with Gasteiger partial charge in [-0.25, -0.2) is 4.68 Å². The topological polar surface area (TPSA) is 73.1 Å². The molecule has 3 heterocycles. The van der Waals surface area contributed by atoms with Crippen molar-refractivity contribution in [1.82, 2.24) is 24.9 Å². The molecule has 4 rings (SSSR count). The van der Waals surface area contributed by atoms with Crippen LogP contribution < -0.4 is 4.74 Å². The molecule has 144 valence electrons. The maximum Gasteiger partial charge on any atom is 0.276 e. The summed E-state index contributed by atoms with van der Waals surface area (Å²) in [5.74, 6) is 0.666. The van der Waals surface area contributed by atoms with Gasteiger partial charge in [0.05, 0.1) is 18.9 Å². The van der Waals surface area contributed by atoms with Gasteiger partial charge in [0.25, 0.3) is 5.91 Å². The lowest BCUT2D eigenvalue weighted by Crippen LogP contribution is -2.42. The number of pyridine rings is 1. The lowest BCUT2D eigenvalue weighted by atomic mass is 10.1. The van der Waals surface area contributed by atoms with Gasteiger partial charge in [-0.05, 0) is 29.8 Å². The summed E-state index contributed by atoms with van der Waals surface area (Å²) in [7, 11) is 0. The van der Waals surface area contributed by atoms with Gasteiger partial charge in [0, 0.05) is 37.2 Å². The first kappa shape index (κ1) is 18.4. The number of hydrogen-bond donors (Lipinski definition) is 0. The van der Waals surface area contributed by atoms with Gasteiger partial charge in [-0.15, -0.1) is 5.10 Å². The van der Waals surface area contributed by atoms with Crippen molar-refractivity contribution in [3.8, 4) is 5.75 Å². The minimum absolute atomic E-state index is 0.0915. The van der Waals surface area contributed by atoms with E-state index in [0.717, 1.165) is 24.2 Å². The van der Waals surface area contributed by atoms with E-state index in [1.807, 2.05) is 36.4 Å². The first-order valence-corrected chi connectivity index (χ1v) is 9.56. The number of ether oxygens (including phenoxy) is 1. The first-order chi connectivity index (χ1) is 13.7. The van der Waals surface area contributed by atoms with Crippen LogP contribution in [0.3, 0.4) is 0 Å². The van der Waals surface area contributed by atoms with E-state index in [1.165, 1.54) is 0 Å². The van der Waals surface area contributed by atoms with Crippen molar-refractivity contribution in [3.05, 3.63) is 71.3 Å². The van der Waals surface area contributed by atoms with Crippen molar-refractivity contribution in [2.45, 2.75) is 25.5 Å². The van der Waals surface area contributed by atoms with Gasteiger partial charge in [0.15, 0.2) is 5.69 Å². The maximum atomic E-state index is 12.7. The van der Waals surface area contributed by atoms with Crippen LogP contribution in [0.1, 0.15) is 28.9 Å². The number of likely N-dealkylation sites (tertiary alicyclic amines) is 1. The van der Waals surface area contributed by atoms with Crippen molar-refractivity contribution < 1.29 is 9.53 Å². The molecule has 28 heavy (non-hydrogen) atoms. The number of aromatic nitrogens is 4. The standard InChI is InChI=1S/C20H20ClN5O2/c21-16-5-3-15(4-6-16)13-26-14-19(23-24-26)20(27)25-10-7-17(8-11-25)28-18-2-1-9-22-12-18/h1-6,9,12,14,17H,7-8,10-11,13H2. The molecule has 0 spiro atoms. The van der Waals surface area contributed by atoms with Gasteiger partial charge in [0.2, 0.25) is 0 Å². The molecule has 8 heteroatoms. The Kier molecular flexibility index (Phi) is 5.53. The monoisotopic (exact) mass is 397 g/mol. The Balaban J connectivity index is 1.31. The average molecular weight is 398 g/mol. The lowest BCUT2D eigenvalue weighted by Gasteiger charge is -2.31. The highest BCUT2D eigenvalue weighted by Gasteiger charge is 2.26. The van der Waals surface area contributed by atoms with Gasteiger partial charge in [-0.3, -0.25) is 9.78 Å². The Hall–Kier alpha value is -2.93. The predicted octanol–water partition coefficient (Wildman–Crippen LogP) is 3.06. The smallest absolute Gasteiger partial charge is 0.276 e. The molecule has 1 aromatic carbocycles. The fourth-order valence-corrected chi connectivity index (χ4v) is 3.32. The average Bonchev–Trinajstić information content (AvgIpc) is 3.19. The number of carbonyl (C=O) groups excluding carboxylic acids is 1. The van der Waals surface area contributed by atoms with E-state index in [4.69, 9.17) is 16.3 Å². The molecule has 1 saturated heterocycles. The third kappa shape index (κ3) is 4.48. The van der Waals surface area contributed by atoms with Gasteiger partial charge >= 0.3 is 0 Å². The fraction of sp³-hybridized carbons (Fsp3) is 0.300. The van der Waals surface area contributed by atoms with Crippen molar-refractivity contribution >= 4 is 17.5 Å². The van der Waals surface area contributed by atoms with E-state index in [2.05, 4.69) is 15.3 Å². The van der Waals surface area contributed by atoms with E-state index in [1.54, 1.807) is 28.2 Å². The number of piperidine rings is 1. The number of benzene rings is 1. The van der Waals surface area contributed by atoms with E-state index < -0.39 is 0 Å². The quantitative estimate of drug-likeness (QED) is 0.661. The lowest BCUT2D eigenvalue weighted by molar-refractivity contribution is 0.0589. The largest absolute Gasteiger partial charge is 0.489 e. The number of hydrogen-bond acceptors (Lipinski definition) is 5. The highest BCUT2D eigenvalue weighted by atomic mass is 35.5. The summed E-state index contributed by atoms with van der Waals surface area (Å²) in [5.41, 5.74) is 1.40. The Labute approximate surface area is 167 Å². The van der Waals surface area contributed by atoms with Crippen LogP contribution in [0.15, 0.2) is 55.0 Å². The zero-order valence-electron chi connectivity index (χ0n) is 15.2. The summed E-state index contributed by atoms with van der Waals surface area (Å²) < 4.78 is 7.59. The molecule has 0 radical (unpaired) electrons. The summed E-state index contributed by atoms with van der Waals surface area (Å²) in [4.78, 5) is 18.6. The second-order valence-electron chi connectivity index (χ2n) is 6.73. The number of nitrogens with zero attached hydrogens (tertiary/aromatic N) is 5. The van der Waals surface area contributed by atoms with Crippen LogP contribution in [0.5, 0.6) is 5.75 Å². The SMILES string of the molecule is O=C(c1cn(Cc2ccc(Cl)cc2)nn1)N1CCC(Oc2cccnc2)CC1. The molecule has 1 aliphatic heterocycles. The van der Waals surface area contributed by atoms with Crippen LogP contribution in [0, 0.1) is 0 Å². The molecule has 0 unspecified atom stereocenters. The van der Waals surface area contributed by atoms with Crippen molar-refractivity contribution in [2.75, 3.05) is 13.1 Å². The molecule has 0 aliphatic carbocycles. The number of carbonyl (C=O) groups is 1. The van der Waals surface area contributed by atoms with Gasteiger partial charge < -0.3 is 9.64 Å². The van der Waals surface area contributed by atoms with Gasteiger partial charge in [-0.1, -0.05) is 28.9 Å². The second kappa shape index (κ2) is 8.39. The van der Waals surface area contributed by atoms with Crippen molar-refractivity contribution in [2.24, 2.45) is 0 Å². The molecular formula is C20H20ClN5O2. The Bertz CT molecular complexity index is 921. The maximum absolute atomic E-state index is 12.7. The zero-order valence-corrected chi connectivity index (χ0v) is 16.0.